The molecule has 0 aliphatic heterocycles. The lowest BCUT2D eigenvalue weighted by Crippen LogP contribution is -2.17. The largest absolute Gasteiger partial charge is 0.459 e. The lowest BCUT2D eigenvalue weighted by molar-refractivity contribution is 0.0378. The Morgan fingerprint density at radius 1 is 1.33 bits per heavy atom. The second kappa shape index (κ2) is 7.81. The first-order chi connectivity index (χ1) is 11.3. The molecule has 0 saturated heterocycles. The fourth-order valence-electron chi connectivity index (χ4n) is 2.39. The van der Waals surface area contributed by atoms with E-state index in [9.17, 15) is 9.59 Å². The molecule has 0 fully saturated rings. The summed E-state index contributed by atoms with van der Waals surface area (Å²) in [6, 6.07) is 6.68. The van der Waals surface area contributed by atoms with Crippen LogP contribution in [-0.2, 0) is 11.2 Å². The average Bonchev–Trinajstić information content (AvgIpc) is 2.81. The number of carbonyl (C=O) groups excluding carboxylic acids is 2. The van der Waals surface area contributed by atoms with Crippen LogP contribution < -0.4 is 5.32 Å². The monoisotopic (exact) mass is 365 g/mol. The number of hydrogen-bond donors (Lipinski definition) is 1. The first kappa shape index (κ1) is 18.5. The van der Waals surface area contributed by atoms with Crippen LogP contribution in [-0.4, -0.2) is 18.0 Å². The van der Waals surface area contributed by atoms with Crippen LogP contribution in [0.1, 0.15) is 51.9 Å². The van der Waals surface area contributed by atoms with Crippen molar-refractivity contribution in [1.82, 2.24) is 0 Å². The highest BCUT2D eigenvalue weighted by Gasteiger charge is 2.24. The molecule has 1 aromatic carbocycles. The lowest BCUT2D eigenvalue weighted by Gasteiger charge is -2.11. The van der Waals surface area contributed by atoms with Crippen LogP contribution in [0.3, 0.4) is 0 Å². The predicted molar refractivity (Wildman–Crippen MR) is 98.4 cm³/mol. The van der Waals surface area contributed by atoms with Crippen molar-refractivity contribution in [3.05, 3.63) is 50.9 Å². The molecule has 1 N–H and O–H groups in total. The van der Waals surface area contributed by atoms with Gasteiger partial charge in [0.05, 0.1) is 11.7 Å². The van der Waals surface area contributed by atoms with Crippen LogP contribution in [0.5, 0.6) is 0 Å². The zero-order chi connectivity index (χ0) is 17.9. The molecule has 1 amide bonds. The first-order valence-corrected chi connectivity index (χ1v) is 8.93. The molecule has 0 aliphatic carbocycles. The lowest BCUT2D eigenvalue weighted by atomic mass is 10.1. The smallest absolute Gasteiger partial charge is 0.341 e. The van der Waals surface area contributed by atoms with Gasteiger partial charge >= 0.3 is 5.97 Å². The van der Waals surface area contributed by atoms with Gasteiger partial charge in [0, 0.05) is 15.5 Å². The first-order valence-electron chi connectivity index (χ1n) is 7.73. The minimum Gasteiger partial charge on any atom is -0.459 e. The second-order valence-electron chi connectivity index (χ2n) is 5.61. The van der Waals surface area contributed by atoms with Gasteiger partial charge in [-0.3, -0.25) is 4.79 Å². The Morgan fingerprint density at radius 3 is 2.62 bits per heavy atom. The maximum Gasteiger partial charge on any atom is 0.341 e. The number of esters is 1. The van der Waals surface area contributed by atoms with E-state index in [2.05, 4.69) is 5.32 Å². The number of anilines is 1. The zero-order valence-electron chi connectivity index (χ0n) is 14.1. The summed E-state index contributed by atoms with van der Waals surface area (Å²) < 4.78 is 5.33. The highest BCUT2D eigenvalue weighted by molar-refractivity contribution is 7.16. The number of ether oxygens (including phenoxy) is 1. The van der Waals surface area contributed by atoms with Crippen molar-refractivity contribution in [1.29, 1.82) is 0 Å². The van der Waals surface area contributed by atoms with Gasteiger partial charge in [-0.2, -0.15) is 0 Å². The number of nitrogens with one attached hydrogen (secondary N) is 1. The number of hydrogen-bond acceptors (Lipinski definition) is 4. The van der Waals surface area contributed by atoms with Crippen molar-refractivity contribution in [3.63, 3.8) is 0 Å². The Bertz CT molecular complexity index is 768. The van der Waals surface area contributed by atoms with Crippen molar-refractivity contribution in [2.75, 3.05) is 5.32 Å². The molecule has 1 heterocycles. The number of thiophene rings is 1. The van der Waals surface area contributed by atoms with Crippen molar-refractivity contribution in [3.8, 4) is 0 Å². The molecule has 128 valence electrons. The summed E-state index contributed by atoms with van der Waals surface area (Å²) in [7, 11) is 0. The van der Waals surface area contributed by atoms with Crippen molar-refractivity contribution < 1.29 is 14.3 Å². The molecule has 0 aliphatic rings. The standard InChI is InChI=1S/C18H20ClNO3S/c1-5-14-11(4)24-17(15(14)18(22)23-10(2)3)20-16(21)12-7-6-8-13(19)9-12/h6-10H,5H2,1-4H3,(H,20,21). The van der Waals surface area contributed by atoms with Gasteiger partial charge in [0.25, 0.3) is 5.91 Å². The van der Waals surface area contributed by atoms with Gasteiger partial charge in [-0.25, -0.2) is 4.79 Å². The number of halogens is 1. The van der Waals surface area contributed by atoms with Gasteiger partial charge in [-0.15, -0.1) is 11.3 Å². The summed E-state index contributed by atoms with van der Waals surface area (Å²) in [5, 5.41) is 3.82. The molecular formula is C18H20ClNO3S. The molecule has 1 aromatic heterocycles. The van der Waals surface area contributed by atoms with Crippen LogP contribution in [0, 0.1) is 6.92 Å². The van der Waals surface area contributed by atoms with Crippen LogP contribution in [0.2, 0.25) is 5.02 Å². The molecule has 0 unspecified atom stereocenters. The van der Waals surface area contributed by atoms with E-state index in [4.69, 9.17) is 16.3 Å². The van der Waals surface area contributed by atoms with E-state index in [1.54, 1.807) is 38.1 Å². The third-order valence-corrected chi connectivity index (χ3v) is 4.72. The van der Waals surface area contributed by atoms with Crippen LogP contribution in [0.25, 0.3) is 0 Å². The van der Waals surface area contributed by atoms with Gasteiger partial charge in [-0.1, -0.05) is 24.6 Å². The molecule has 24 heavy (non-hydrogen) atoms. The van der Waals surface area contributed by atoms with Crippen molar-refractivity contribution in [2.24, 2.45) is 0 Å². The SMILES string of the molecule is CCc1c(C)sc(NC(=O)c2cccc(Cl)c2)c1C(=O)OC(C)C. The summed E-state index contributed by atoms with van der Waals surface area (Å²) in [5.74, 6) is -0.715. The molecule has 6 heteroatoms. The third-order valence-electron chi connectivity index (χ3n) is 3.42. The Morgan fingerprint density at radius 2 is 2.04 bits per heavy atom. The number of benzene rings is 1. The van der Waals surface area contributed by atoms with Gasteiger partial charge < -0.3 is 10.1 Å². The molecule has 0 radical (unpaired) electrons. The number of rotatable bonds is 5. The molecule has 2 rings (SSSR count). The molecule has 2 aromatic rings. The van der Waals surface area contributed by atoms with E-state index in [0.717, 1.165) is 10.4 Å². The summed E-state index contributed by atoms with van der Waals surface area (Å²) in [6.07, 6.45) is 0.469. The van der Waals surface area contributed by atoms with Crippen LogP contribution in [0.4, 0.5) is 5.00 Å². The predicted octanol–water partition coefficient (Wildman–Crippen LogP) is 5.09. The number of aryl methyl sites for hydroxylation is 1. The Kier molecular flexibility index (Phi) is 6.02. The van der Waals surface area contributed by atoms with Gasteiger partial charge in [0.1, 0.15) is 5.00 Å². The minimum atomic E-state index is -0.410. The van der Waals surface area contributed by atoms with E-state index >= 15 is 0 Å². The second-order valence-corrected chi connectivity index (χ2v) is 7.27. The van der Waals surface area contributed by atoms with Crippen LogP contribution >= 0.6 is 22.9 Å². The normalized spacial score (nSPS) is 10.8. The highest BCUT2D eigenvalue weighted by atomic mass is 35.5. The van der Waals surface area contributed by atoms with Gasteiger partial charge in [0.15, 0.2) is 0 Å². The topological polar surface area (TPSA) is 55.4 Å². The van der Waals surface area contributed by atoms with Gasteiger partial charge in [-0.05, 0) is 51.0 Å². The summed E-state index contributed by atoms with van der Waals surface area (Å²) in [5.41, 5.74) is 1.80. The summed E-state index contributed by atoms with van der Waals surface area (Å²) in [6.45, 7) is 7.51. The number of amides is 1. The molecule has 4 nitrogen and oxygen atoms in total. The molecule has 0 atom stereocenters. The molecule has 0 bridgehead atoms. The summed E-state index contributed by atoms with van der Waals surface area (Å²) in [4.78, 5) is 25.9. The maximum atomic E-state index is 12.5. The van der Waals surface area contributed by atoms with Crippen LogP contribution in [0.15, 0.2) is 24.3 Å². The van der Waals surface area contributed by atoms with E-state index < -0.39 is 5.97 Å². The molecule has 0 spiro atoms. The zero-order valence-corrected chi connectivity index (χ0v) is 15.7. The molecule has 0 saturated carbocycles. The minimum absolute atomic E-state index is 0.223. The Balaban J connectivity index is 2.36. The van der Waals surface area contributed by atoms with E-state index in [-0.39, 0.29) is 12.0 Å². The Labute approximate surface area is 150 Å². The van der Waals surface area contributed by atoms with E-state index in [1.165, 1.54) is 11.3 Å². The summed E-state index contributed by atoms with van der Waals surface area (Å²) >= 11 is 7.31. The van der Waals surface area contributed by atoms with E-state index in [1.807, 2.05) is 13.8 Å². The van der Waals surface area contributed by atoms with Crippen molar-refractivity contribution >= 4 is 39.8 Å². The third kappa shape index (κ3) is 4.16. The Hall–Kier alpha value is -1.85. The van der Waals surface area contributed by atoms with Gasteiger partial charge in [0.2, 0.25) is 0 Å². The molecular weight excluding hydrogens is 346 g/mol. The quantitative estimate of drug-likeness (QED) is 0.751. The fourth-order valence-corrected chi connectivity index (χ4v) is 3.70. The number of carbonyl (C=O) groups is 2. The fraction of sp³-hybridized carbons (Fsp3) is 0.333. The maximum absolute atomic E-state index is 12.5. The van der Waals surface area contributed by atoms with E-state index in [0.29, 0.717) is 27.6 Å². The van der Waals surface area contributed by atoms with Crippen molar-refractivity contribution in [2.45, 2.75) is 40.2 Å². The highest BCUT2D eigenvalue weighted by Crippen LogP contribution is 2.34. The average molecular weight is 366 g/mol.